The van der Waals surface area contributed by atoms with E-state index < -0.39 is 0 Å². The average Bonchev–Trinajstić information content (AvgIpc) is 2.90. The minimum atomic E-state index is 0.273. The first-order valence-corrected chi connectivity index (χ1v) is 7.04. The number of nitrogens with zero attached hydrogens (tertiary/aromatic N) is 1. The Bertz CT molecular complexity index is 425. The highest BCUT2D eigenvalue weighted by Gasteiger charge is 2.36. The molecule has 1 heterocycles. The van der Waals surface area contributed by atoms with E-state index in [-0.39, 0.29) is 5.78 Å². The van der Waals surface area contributed by atoms with Gasteiger partial charge in [0.25, 0.3) is 0 Å². The van der Waals surface area contributed by atoms with Crippen LogP contribution in [0, 0.1) is 18.8 Å². The van der Waals surface area contributed by atoms with E-state index in [2.05, 4.69) is 11.8 Å². The lowest BCUT2D eigenvalue weighted by molar-refractivity contribution is 0.0941. The minimum absolute atomic E-state index is 0.273. The van der Waals surface area contributed by atoms with E-state index in [1.807, 2.05) is 24.3 Å². The Kier molecular flexibility index (Phi) is 3.21. The molecule has 1 aromatic rings. The molecule has 1 aliphatic carbocycles. The number of hydrogen-bond acceptors (Lipinski definition) is 2. The summed E-state index contributed by atoms with van der Waals surface area (Å²) in [6, 6.07) is 7.95. The van der Waals surface area contributed by atoms with Crippen molar-refractivity contribution in [3.05, 3.63) is 35.4 Å². The average molecular weight is 243 g/mol. The Labute approximate surface area is 109 Å². The van der Waals surface area contributed by atoms with E-state index in [1.54, 1.807) is 0 Å². The van der Waals surface area contributed by atoms with Gasteiger partial charge in [0, 0.05) is 18.7 Å². The van der Waals surface area contributed by atoms with Gasteiger partial charge >= 0.3 is 0 Å². The zero-order chi connectivity index (χ0) is 12.5. The first kappa shape index (κ1) is 11.9. The molecule has 2 unspecified atom stereocenters. The Hall–Kier alpha value is -1.15. The highest BCUT2D eigenvalue weighted by molar-refractivity contribution is 5.97. The van der Waals surface area contributed by atoms with Crippen molar-refractivity contribution in [2.75, 3.05) is 19.6 Å². The third-order valence-electron chi connectivity index (χ3n) is 4.54. The minimum Gasteiger partial charge on any atom is -0.295 e. The summed E-state index contributed by atoms with van der Waals surface area (Å²) in [7, 11) is 0. The van der Waals surface area contributed by atoms with Crippen molar-refractivity contribution in [3.63, 3.8) is 0 Å². The maximum Gasteiger partial charge on any atom is 0.176 e. The predicted octanol–water partition coefficient (Wildman–Crippen LogP) is 2.91. The maximum atomic E-state index is 12.2. The predicted molar refractivity (Wildman–Crippen MR) is 72.8 cm³/mol. The number of ketones is 1. The molecule has 2 heteroatoms. The molecule has 0 spiro atoms. The van der Waals surface area contributed by atoms with Gasteiger partial charge in [-0.05, 0) is 31.6 Å². The molecule has 0 radical (unpaired) electrons. The molecule has 2 fully saturated rings. The fraction of sp³-hybridized carbons (Fsp3) is 0.562. The SMILES string of the molecule is Cc1ccc(C(=O)CN2CC3CCCC3C2)cc1. The Morgan fingerprint density at radius 1 is 1.17 bits per heavy atom. The number of carbonyl (C=O) groups is 1. The highest BCUT2D eigenvalue weighted by atomic mass is 16.1. The fourth-order valence-electron chi connectivity index (χ4n) is 3.50. The summed E-state index contributed by atoms with van der Waals surface area (Å²) >= 11 is 0. The number of Topliss-reactive ketones (excluding diaryl/α,β-unsaturated/α-hetero) is 1. The van der Waals surface area contributed by atoms with Crippen LogP contribution in [0.25, 0.3) is 0 Å². The summed E-state index contributed by atoms with van der Waals surface area (Å²) in [5.74, 6) is 2.02. The van der Waals surface area contributed by atoms with Crippen molar-refractivity contribution in [1.29, 1.82) is 0 Å². The molecule has 2 aliphatic rings. The van der Waals surface area contributed by atoms with Gasteiger partial charge in [0.2, 0.25) is 0 Å². The standard InChI is InChI=1S/C16H21NO/c1-12-5-7-13(8-6-12)16(18)11-17-9-14-3-2-4-15(14)10-17/h5-8,14-15H,2-4,9-11H2,1H3. The van der Waals surface area contributed by atoms with Crippen LogP contribution in [0.4, 0.5) is 0 Å². The molecule has 3 rings (SSSR count). The lowest BCUT2D eigenvalue weighted by Gasteiger charge is -2.15. The van der Waals surface area contributed by atoms with Gasteiger partial charge in [-0.2, -0.15) is 0 Å². The third-order valence-corrected chi connectivity index (χ3v) is 4.54. The summed E-state index contributed by atoms with van der Waals surface area (Å²) in [4.78, 5) is 14.5. The molecule has 18 heavy (non-hydrogen) atoms. The van der Waals surface area contributed by atoms with Crippen LogP contribution in [0.5, 0.6) is 0 Å². The van der Waals surface area contributed by atoms with Crippen molar-refractivity contribution in [2.45, 2.75) is 26.2 Å². The van der Waals surface area contributed by atoms with Crippen molar-refractivity contribution in [3.8, 4) is 0 Å². The van der Waals surface area contributed by atoms with E-state index in [4.69, 9.17) is 0 Å². The van der Waals surface area contributed by atoms with Crippen molar-refractivity contribution >= 4 is 5.78 Å². The van der Waals surface area contributed by atoms with Crippen LogP contribution in [-0.2, 0) is 0 Å². The molecule has 1 saturated heterocycles. The van der Waals surface area contributed by atoms with Gasteiger partial charge in [0.1, 0.15) is 0 Å². The number of fused-ring (bicyclic) bond motifs is 1. The first-order valence-electron chi connectivity index (χ1n) is 7.04. The van der Waals surface area contributed by atoms with Gasteiger partial charge in [0.05, 0.1) is 6.54 Å². The van der Waals surface area contributed by atoms with Gasteiger partial charge in [-0.3, -0.25) is 9.69 Å². The summed E-state index contributed by atoms with van der Waals surface area (Å²) in [5.41, 5.74) is 2.07. The largest absolute Gasteiger partial charge is 0.295 e. The van der Waals surface area contributed by atoms with Gasteiger partial charge < -0.3 is 0 Å². The highest BCUT2D eigenvalue weighted by Crippen LogP contribution is 2.37. The topological polar surface area (TPSA) is 20.3 Å². The smallest absolute Gasteiger partial charge is 0.176 e. The quantitative estimate of drug-likeness (QED) is 0.761. The second-order valence-corrected chi connectivity index (χ2v) is 5.93. The lowest BCUT2D eigenvalue weighted by atomic mass is 10.0. The Balaban J connectivity index is 1.60. The van der Waals surface area contributed by atoms with Crippen LogP contribution in [0.2, 0.25) is 0 Å². The molecule has 96 valence electrons. The molecule has 0 aromatic heterocycles. The number of likely N-dealkylation sites (tertiary alicyclic amines) is 1. The van der Waals surface area contributed by atoms with Crippen LogP contribution in [0.1, 0.15) is 35.2 Å². The van der Waals surface area contributed by atoms with E-state index in [0.717, 1.165) is 30.5 Å². The molecular weight excluding hydrogens is 222 g/mol. The summed E-state index contributed by atoms with van der Waals surface area (Å²) in [6.45, 7) is 4.94. The lowest BCUT2D eigenvalue weighted by Crippen LogP contribution is -2.28. The third kappa shape index (κ3) is 2.35. The second-order valence-electron chi connectivity index (χ2n) is 5.93. The van der Waals surface area contributed by atoms with Gasteiger partial charge in [-0.15, -0.1) is 0 Å². The monoisotopic (exact) mass is 243 g/mol. The Morgan fingerprint density at radius 2 is 1.78 bits per heavy atom. The van der Waals surface area contributed by atoms with E-state index in [9.17, 15) is 4.79 Å². The van der Waals surface area contributed by atoms with E-state index >= 15 is 0 Å². The van der Waals surface area contributed by atoms with Gasteiger partial charge in [0.15, 0.2) is 5.78 Å². The fourth-order valence-corrected chi connectivity index (χ4v) is 3.50. The summed E-state index contributed by atoms with van der Waals surface area (Å²) < 4.78 is 0. The molecule has 0 amide bonds. The van der Waals surface area contributed by atoms with Crippen LogP contribution in [0.3, 0.4) is 0 Å². The summed E-state index contributed by atoms with van der Waals surface area (Å²) in [5, 5.41) is 0. The zero-order valence-corrected chi connectivity index (χ0v) is 11.1. The van der Waals surface area contributed by atoms with E-state index in [0.29, 0.717) is 6.54 Å². The first-order chi connectivity index (χ1) is 8.72. The van der Waals surface area contributed by atoms with Crippen molar-refractivity contribution in [1.82, 2.24) is 4.90 Å². The molecule has 1 aromatic carbocycles. The van der Waals surface area contributed by atoms with E-state index in [1.165, 1.54) is 24.8 Å². The molecule has 1 aliphatic heterocycles. The van der Waals surface area contributed by atoms with Crippen molar-refractivity contribution < 1.29 is 4.79 Å². The molecule has 1 saturated carbocycles. The van der Waals surface area contributed by atoms with Crippen LogP contribution >= 0.6 is 0 Å². The number of hydrogen-bond donors (Lipinski definition) is 0. The molecule has 0 N–H and O–H groups in total. The number of carbonyl (C=O) groups excluding carboxylic acids is 1. The zero-order valence-electron chi connectivity index (χ0n) is 11.1. The summed E-state index contributed by atoms with van der Waals surface area (Å²) in [6.07, 6.45) is 4.15. The molecule has 2 nitrogen and oxygen atoms in total. The molecule has 2 atom stereocenters. The van der Waals surface area contributed by atoms with Crippen LogP contribution < -0.4 is 0 Å². The number of aryl methyl sites for hydroxylation is 1. The van der Waals surface area contributed by atoms with Crippen LogP contribution in [-0.4, -0.2) is 30.3 Å². The van der Waals surface area contributed by atoms with Gasteiger partial charge in [-0.1, -0.05) is 36.2 Å². The van der Waals surface area contributed by atoms with Gasteiger partial charge in [-0.25, -0.2) is 0 Å². The van der Waals surface area contributed by atoms with Crippen LogP contribution in [0.15, 0.2) is 24.3 Å². The molecule has 0 bridgehead atoms. The number of benzene rings is 1. The second kappa shape index (κ2) is 4.85. The molecular formula is C16H21NO. The number of rotatable bonds is 3. The van der Waals surface area contributed by atoms with Crippen molar-refractivity contribution in [2.24, 2.45) is 11.8 Å². The Morgan fingerprint density at radius 3 is 2.39 bits per heavy atom. The normalized spacial score (nSPS) is 27.4. The maximum absolute atomic E-state index is 12.2.